The van der Waals surface area contributed by atoms with Gasteiger partial charge in [-0.25, -0.2) is 0 Å². The summed E-state index contributed by atoms with van der Waals surface area (Å²) in [5.41, 5.74) is 10.6. The monoisotopic (exact) mass is 429 g/mol. The van der Waals surface area contributed by atoms with Crippen LogP contribution in [0.5, 0.6) is 0 Å². The Morgan fingerprint density at radius 2 is 1.12 bits per heavy atom. The Bertz CT molecular complexity index is 1740. The maximum Gasteiger partial charge on any atom is 0.329 e. The van der Waals surface area contributed by atoms with Crippen molar-refractivity contribution in [2.24, 2.45) is 0 Å². The molecule has 0 aliphatic carbocycles. The van der Waals surface area contributed by atoms with Crippen molar-refractivity contribution < 1.29 is 0 Å². The van der Waals surface area contributed by atoms with Gasteiger partial charge >= 0.3 is 6.85 Å². The van der Waals surface area contributed by atoms with Gasteiger partial charge < -0.3 is 4.81 Å². The molecule has 0 atom stereocenters. The molecule has 2 heterocycles. The van der Waals surface area contributed by atoms with E-state index in [1.54, 1.807) is 0 Å². The average Bonchev–Trinajstić information content (AvgIpc) is 2.91. The van der Waals surface area contributed by atoms with Gasteiger partial charge in [-0.15, -0.1) is 0 Å². The largest absolute Gasteiger partial charge is 0.376 e. The summed E-state index contributed by atoms with van der Waals surface area (Å²) in [6.45, 7) is 0.138. The van der Waals surface area contributed by atoms with Gasteiger partial charge in [-0.1, -0.05) is 103 Å². The molecule has 8 rings (SSSR count). The Balaban J connectivity index is 1.58. The molecule has 0 saturated carbocycles. The molecule has 1 nitrogen and oxygen atoms in total. The third-order valence-corrected chi connectivity index (χ3v) is 7.62. The summed E-state index contributed by atoms with van der Waals surface area (Å²) in [6.07, 6.45) is 0. The highest BCUT2D eigenvalue weighted by atomic mass is 15.1. The molecule has 2 heteroatoms. The van der Waals surface area contributed by atoms with Gasteiger partial charge in [-0.3, -0.25) is 0 Å². The molecule has 34 heavy (non-hydrogen) atoms. The van der Waals surface area contributed by atoms with Crippen LogP contribution in [0.25, 0.3) is 43.8 Å². The summed E-state index contributed by atoms with van der Waals surface area (Å²) in [7, 11) is 0. The predicted octanol–water partition coefficient (Wildman–Crippen LogP) is 6.90. The van der Waals surface area contributed by atoms with Crippen molar-refractivity contribution in [2.75, 3.05) is 4.81 Å². The van der Waals surface area contributed by atoms with Crippen LogP contribution in [-0.2, 0) is 0 Å². The number of hydrogen-bond donors (Lipinski definition) is 0. The second-order valence-corrected chi connectivity index (χ2v) is 9.34. The second kappa shape index (κ2) is 6.62. The van der Waals surface area contributed by atoms with E-state index in [2.05, 4.69) is 126 Å². The van der Waals surface area contributed by atoms with Crippen molar-refractivity contribution in [3.05, 3.63) is 121 Å². The molecule has 0 amide bonds. The molecule has 0 unspecified atom stereocenters. The lowest BCUT2D eigenvalue weighted by Crippen LogP contribution is -2.59. The van der Waals surface area contributed by atoms with Gasteiger partial charge in [0.25, 0.3) is 0 Å². The van der Waals surface area contributed by atoms with E-state index in [1.165, 1.54) is 66.1 Å². The van der Waals surface area contributed by atoms with Crippen LogP contribution in [0.15, 0.2) is 121 Å². The zero-order valence-electron chi connectivity index (χ0n) is 18.6. The third-order valence-electron chi connectivity index (χ3n) is 7.62. The molecular weight excluding hydrogens is 409 g/mol. The van der Waals surface area contributed by atoms with Gasteiger partial charge in [0.05, 0.1) is 0 Å². The molecule has 0 fully saturated rings. The fourth-order valence-electron chi connectivity index (χ4n) is 6.19. The smallest absolute Gasteiger partial charge is 0.329 e. The van der Waals surface area contributed by atoms with Crippen LogP contribution in [0.2, 0.25) is 0 Å². The highest BCUT2D eigenvalue weighted by Gasteiger charge is 2.42. The topological polar surface area (TPSA) is 3.24 Å². The molecule has 0 bridgehead atoms. The molecular formula is C32H20BN. The van der Waals surface area contributed by atoms with Gasteiger partial charge in [-0.05, 0) is 61.8 Å². The molecule has 2 aliphatic rings. The van der Waals surface area contributed by atoms with E-state index in [0.29, 0.717) is 0 Å². The van der Waals surface area contributed by atoms with Crippen molar-refractivity contribution in [3.8, 4) is 22.3 Å². The number of fused-ring (bicyclic) bond motifs is 14. The van der Waals surface area contributed by atoms with Crippen LogP contribution >= 0.6 is 0 Å². The van der Waals surface area contributed by atoms with E-state index in [4.69, 9.17) is 0 Å². The van der Waals surface area contributed by atoms with E-state index < -0.39 is 0 Å². The zero-order valence-corrected chi connectivity index (χ0v) is 18.6. The summed E-state index contributed by atoms with van der Waals surface area (Å²) in [5, 5.41) is 5.18. The molecule has 0 N–H and O–H groups in total. The lowest BCUT2D eigenvalue weighted by molar-refractivity contribution is 1.36. The van der Waals surface area contributed by atoms with Crippen LogP contribution in [0.3, 0.4) is 0 Å². The van der Waals surface area contributed by atoms with E-state index >= 15 is 0 Å². The lowest BCUT2D eigenvalue weighted by atomic mass is 9.43. The van der Waals surface area contributed by atoms with E-state index in [1.807, 2.05) is 0 Å². The molecule has 2 aliphatic heterocycles. The van der Waals surface area contributed by atoms with Gasteiger partial charge in [0.2, 0.25) is 0 Å². The normalized spacial score (nSPS) is 13.2. The number of nitrogens with zero attached hydrogens (tertiary/aromatic N) is 1. The minimum Gasteiger partial charge on any atom is -0.376 e. The maximum atomic E-state index is 2.58. The molecule has 6 aromatic rings. The fraction of sp³-hybridized carbons (Fsp3) is 0. The van der Waals surface area contributed by atoms with E-state index in [9.17, 15) is 0 Å². The van der Waals surface area contributed by atoms with Crippen LogP contribution in [0, 0.1) is 0 Å². The van der Waals surface area contributed by atoms with Crippen molar-refractivity contribution in [2.45, 2.75) is 0 Å². The molecule has 156 valence electrons. The van der Waals surface area contributed by atoms with Gasteiger partial charge in [0.15, 0.2) is 0 Å². The number of benzene rings is 6. The summed E-state index contributed by atoms with van der Waals surface area (Å²) in [4.78, 5) is 2.58. The number of hydrogen-bond acceptors (Lipinski definition) is 1. The number of anilines is 2. The highest BCUT2D eigenvalue weighted by Crippen LogP contribution is 2.48. The highest BCUT2D eigenvalue weighted by molar-refractivity contribution is 6.92. The quantitative estimate of drug-likeness (QED) is 0.238. The molecule has 0 aromatic heterocycles. The molecule has 0 saturated heterocycles. The Morgan fingerprint density at radius 1 is 0.441 bits per heavy atom. The Morgan fingerprint density at radius 3 is 2.00 bits per heavy atom. The first kappa shape index (κ1) is 18.2. The lowest BCUT2D eigenvalue weighted by Gasteiger charge is -2.43. The first-order chi connectivity index (χ1) is 16.9. The number of para-hydroxylation sites is 1. The SMILES string of the molecule is c1ccc2c(c1)B1c3ccc4ccccc4c3-c3cc4ccccc4cc3N1c1ccccc1-2. The van der Waals surface area contributed by atoms with Crippen molar-refractivity contribution in [1.29, 1.82) is 0 Å². The Hall–Kier alpha value is -4.30. The van der Waals surface area contributed by atoms with E-state index in [-0.39, 0.29) is 6.85 Å². The van der Waals surface area contributed by atoms with Gasteiger partial charge in [0.1, 0.15) is 0 Å². The van der Waals surface area contributed by atoms with Crippen molar-refractivity contribution >= 4 is 50.7 Å². The minimum atomic E-state index is 0.138. The predicted molar refractivity (Wildman–Crippen MR) is 146 cm³/mol. The number of rotatable bonds is 0. The molecule has 0 spiro atoms. The Labute approximate surface area is 199 Å². The van der Waals surface area contributed by atoms with Gasteiger partial charge in [-0.2, -0.15) is 0 Å². The summed E-state index contributed by atoms with van der Waals surface area (Å²) in [5.74, 6) is 0. The van der Waals surface area contributed by atoms with E-state index in [0.717, 1.165) is 0 Å². The maximum absolute atomic E-state index is 2.58. The fourth-order valence-corrected chi connectivity index (χ4v) is 6.19. The average molecular weight is 429 g/mol. The Kier molecular flexibility index (Phi) is 3.54. The van der Waals surface area contributed by atoms with Crippen molar-refractivity contribution in [3.63, 3.8) is 0 Å². The van der Waals surface area contributed by atoms with Gasteiger partial charge in [0, 0.05) is 22.5 Å². The van der Waals surface area contributed by atoms with Crippen molar-refractivity contribution in [1.82, 2.24) is 0 Å². The third kappa shape index (κ3) is 2.30. The second-order valence-electron chi connectivity index (χ2n) is 9.34. The first-order valence-corrected chi connectivity index (χ1v) is 11.9. The molecule has 0 radical (unpaired) electrons. The summed E-state index contributed by atoms with van der Waals surface area (Å²) < 4.78 is 0. The van der Waals surface area contributed by atoms with Crippen LogP contribution in [0.4, 0.5) is 11.4 Å². The first-order valence-electron chi connectivity index (χ1n) is 11.9. The summed E-state index contributed by atoms with van der Waals surface area (Å²) >= 11 is 0. The van der Waals surface area contributed by atoms with Crippen LogP contribution in [-0.4, -0.2) is 6.85 Å². The molecule has 6 aromatic carbocycles. The standard InChI is InChI=1S/C32H20BN/c1-2-11-23-20-31-27(19-22(23)10-1)32-24-12-4-3-9-21(24)17-18-29(32)33-28-15-7-5-13-25(28)26-14-6-8-16-30(26)34(31)33/h1-20H. The van der Waals surface area contributed by atoms with Crippen LogP contribution in [0.1, 0.15) is 0 Å². The van der Waals surface area contributed by atoms with Crippen LogP contribution < -0.4 is 15.7 Å². The minimum absolute atomic E-state index is 0.138. The zero-order chi connectivity index (χ0) is 22.2. The summed E-state index contributed by atoms with van der Waals surface area (Å²) in [6, 6.07) is 44.8.